The number of anilines is 6. The van der Waals surface area contributed by atoms with Crippen LogP contribution in [0.2, 0.25) is 0 Å². The van der Waals surface area contributed by atoms with Crippen molar-refractivity contribution >= 4 is 57.2 Å². The monoisotopic (exact) mass is 1230 g/mol. The fraction of sp³-hybridized carbons (Fsp3) is 0.222. The third kappa shape index (κ3) is 11.7. The first kappa shape index (κ1) is 60.1. The van der Waals surface area contributed by atoms with Gasteiger partial charge in [0.05, 0.1) is 11.4 Å². The van der Waals surface area contributed by atoms with Gasteiger partial charge in [-0.1, -0.05) is 250 Å². The van der Waals surface area contributed by atoms with Gasteiger partial charge in [0.2, 0.25) is 0 Å². The number of nitrogens with zero attached hydrogens (tertiary/aromatic N) is 4. The molecule has 1 aromatic heterocycles. The molecule has 2 aliphatic carbocycles. The molecule has 95 heavy (non-hydrogen) atoms. The second kappa shape index (κ2) is 24.8. The van der Waals surface area contributed by atoms with E-state index in [4.69, 9.17) is 9.97 Å². The Hall–Kier alpha value is -9.84. The smallest absolute Gasteiger partial charge is 0.252 e. The van der Waals surface area contributed by atoms with Crippen LogP contribution in [0.3, 0.4) is 0 Å². The summed E-state index contributed by atoms with van der Waals surface area (Å²) >= 11 is 0. The standard InChI is InChI=1S/C90H83BN4/c1-89(2,3)75-39-43-77(44-40-75)94-83-55-66(60-25-13-7-14-26-60)37-47-79(83)91-80-48-38-67(61-27-15-8-16-28-61)56-84(80)95(78-45-41-76(42-46-78)90(4,5)6)86-58-73(57-85(94)87(86)91)82-59-81(72-51-68(62-29-17-9-18-30-62)49-69(52-72)63-31-19-10-20-32-63)92-88(93-82)74-53-70(64-33-21-11-22-34-64)50-71(54-74)65-35-23-12-24-36-65/h9-12,17-24,29-61H,7-8,13-16,25-28H2,1-6H3. The highest BCUT2D eigenvalue weighted by Crippen LogP contribution is 2.50. The second-order valence-corrected chi connectivity index (χ2v) is 29.5. The van der Waals surface area contributed by atoms with Crippen molar-refractivity contribution in [2.24, 2.45) is 0 Å². The van der Waals surface area contributed by atoms with Crippen molar-refractivity contribution in [3.63, 3.8) is 0 Å². The molecule has 5 heteroatoms. The predicted molar refractivity (Wildman–Crippen MR) is 403 cm³/mol. The molecule has 0 atom stereocenters. The lowest BCUT2D eigenvalue weighted by molar-refractivity contribution is 0.444. The minimum atomic E-state index is -0.0409. The van der Waals surface area contributed by atoms with E-state index in [1.165, 1.54) is 126 Å². The van der Waals surface area contributed by atoms with Crippen molar-refractivity contribution in [3.8, 4) is 78.4 Å². The molecule has 0 unspecified atom stereocenters. The van der Waals surface area contributed by atoms with Crippen LogP contribution in [0.1, 0.15) is 140 Å². The summed E-state index contributed by atoms with van der Waals surface area (Å²) in [5, 5.41) is 0. The van der Waals surface area contributed by atoms with Crippen LogP contribution in [0.25, 0.3) is 78.4 Å². The van der Waals surface area contributed by atoms with Crippen molar-refractivity contribution in [3.05, 3.63) is 283 Å². The highest BCUT2D eigenvalue weighted by molar-refractivity contribution is 7.00. The van der Waals surface area contributed by atoms with Crippen LogP contribution in [0.5, 0.6) is 0 Å². The maximum atomic E-state index is 5.96. The van der Waals surface area contributed by atoms with Crippen molar-refractivity contribution in [1.82, 2.24) is 9.97 Å². The lowest BCUT2D eigenvalue weighted by atomic mass is 9.33. The number of rotatable bonds is 11. The Balaban J connectivity index is 1.01. The molecule has 0 spiro atoms. The Morgan fingerprint density at radius 2 is 0.642 bits per heavy atom. The maximum absolute atomic E-state index is 5.96. The Labute approximate surface area is 563 Å². The molecule has 4 aliphatic rings. The van der Waals surface area contributed by atoms with E-state index in [-0.39, 0.29) is 17.5 Å². The molecule has 16 rings (SSSR count). The van der Waals surface area contributed by atoms with Crippen molar-refractivity contribution in [2.45, 2.75) is 128 Å². The fourth-order valence-electron chi connectivity index (χ4n) is 15.9. The first-order valence-electron chi connectivity index (χ1n) is 35.0. The van der Waals surface area contributed by atoms with Crippen LogP contribution in [0.4, 0.5) is 34.1 Å². The van der Waals surface area contributed by atoms with Crippen LogP contribution >= 0.6 is 0 Å². The zero-order chi connectivity index (χ0) is 64.4. The van der Waals surface area contributed by atoms with Crippen LogP contribution in [0, 0.1) is 0 Å². The Morgan fingerprint density at radius 3 is 1.00 bits per heavy atom. The average Bonchev–Trinajstić information content (AvgIpc) is 0.695. The van der Waals surface area contributed by atoms with E-state index < -0.39 is 0 Å². The van der Waals surface area contributed by atoms with E-state index in [1.807, 2.05) is 0 Å². The Bertz CT molecular complexity index is 4370. The molecule has 0 N–H and O–H groups in total. The minimum Gasteiger partial charge on any atom is -0.311 e. The largest absolute Gasteiger partial charge is 0.311 e. The summed E-state index contributed by atoms with van der Waals surface area (Å²) in [5.74, 6) is 1.71. The molecule has 466 valence electrons. The molecule has 3 heterocycles. The Morgan fingerprint density at radius 1 is 0.305 bits per heavy atom. The van der Waals surface area contributed by atoms with Crippen LogP contribution in [-0.2, 0) is 10.8 Å². The van der Waals surface area contributed by atoms with Crippen LogP contribution < -0.4 is 26.2 Å². The molecule has 2 saturated carbocycles. The molecule has 2 fully saturated rings. The molecular formula is C90H83BN4. The van der Waals surface area contributed by atoms with E-state index in [0.717, 1.165) is 84.0 Å². The lowest BCUT2D eigenvalue weighted by Gasteiger charge is -2.45. The normalized spacial score (nSPS) is 14.9. The van der Waals surface area contributed by atoms with Gasteiger partial charge in [0.25, 0.3) is 6.71 Å². The van der Waals surface area contributed by atoms with Gasteiger partial charge in [-0.25, -0.2) is 9.97 Å². The molecule has 0 radical (unpaired) electrons. The second-order valence-electron chi connectivity index (χ2n) is 29.5. The summed E-state index contributed by atoms with van der Waals surface area (Å²) in [5.41, 5.74) is 30.5. The van der Waals surface area contributed by atoms with Gasteiger partial charge in [-0.3, -0.25) is 0 Å². The number of benzene rings is 11. The van der Waals surface area contributed by atoms with Crippen LogP contribution in [-0.4, -0.2) is 16.7 Å². The number of fused-ring (bicyclic) bond motifs is 4. The van der Waals surface area contributed by atoms with Gasteiger partial charge in [0, 0.05) is 50.8 Å². The highest BCUT2D eigenvalue weighted by atomic mass is 15.2. The first-order chi connectivity index (χ1) is 46.3. The van der Waals surface area contributed by atoms with E-state index in [9.17, 15) is 0 Å². The number of hydrogen-bond donors (Lipinski definition) is 0. The number of hydrogen-bond acceptors (Lipinski definition) is 4. The summed E-state index contributed by atoms with van der Waals surface area (Å²) in [6, 6.07) is 98.8. The van der Waals surface area contributed by atoms with E-state index in [1.54, 1.807) is 0 Å². The zero-order valence-corrected chi connectivity index (χ0v) is 55.9. The summed E-state index contributed by atoms with van der Waals surface area (Å²) in [6.45, 7) is 13.9. The quantitative estimate of drug-likeness (QED) is 0.121. The van der Waals surface area contributed by atoms with E-state index in [0.29, 0.717) is 17.7 Å². The molecule has 11 aromatic carbocycles. The Kier molecular flexibility index (Phi) is 15.7. The molecule has 4 nitrogen and oxygen atoms in total. The SMILES string of the molecule is CC(C)(C)c1ccc(N2c3cc(C4CCCCC4)ccc3B3c4ccc(C5CCCCC5)cc4N(c4ccc(C(C)(C)C)cc4)c4cc(-c5cc(-c6cc(-c7ccccc7)cc(-c7ccccc7)c6)nc(-c6cc(-c7ccccc7)cc(-c7ccccc7)c6)n5)cc2c43)cc1. The molecule has 12 aromatic rings. The average molecular weight is 1230 g/mol. The maximum Gasteiger partial charge on any atom is 0.252 e. The highest BCUT2D eigenvalue weighted by Gasteiger charge is 2.45. The fourth-order valence-corrected chi connectivity index (χ4v) is 15.9. The molecule has 0 saturated heterocycles. The van der Waals surface area contributed by atoms with Crippen molar-refractivity contribution in [2.75, 3.05) is 9.80 Å². The van der Waals surface area contributed by atoms with Crippen LogP contribution in [0.15, 0.2) is 261 Å². The molecule has 0 amide bonds. The topological polar surface area (TPSA) is 32.3 Å². The van der Waals surface area contributed by atoms with E-state index >= 15 is 0 Å². The number of aromatic nitrogens is 2. The van der Waals surface area contributed by atoms with Gasteiger partial charge in [-0.05, 0) is 222 Å². The summed E-state index contributed by atoms with van der Waals surface area (Å²) in [6.07, 6.45) is 12.6. The van der Waals surface area contributed by atoms with Crippen molar-refractivity contribution < 1.29 is 0 Å². The lowest BCUT2D eigenvalue weighted by Crippen LogP contribution is -2.61. The third-order valence-corrected chi connectivity index (χ3v) is 21.1. The molecule has 0 bridgehead atoms. The van der Waals surface area contributed by atoms with Gasteiger partial charge in [-0.2, -0.15) is 0 Å². The molecular weight excluding hydrogens is 1150 g/mol. The zero-order valence-electron chi connectivity index (χ0n) is 55.9. The van der Waals surface area contributed by atoms with Gasteiger partial charge in [0.15, 0.2) is 5.82 Å². The summed E-state index contributed by atoms with van der Waals surface area (Å²) < 4.78 is 0. The predicted octanol–water partition coefficient (Wildman–Crippen LogP) is 22.9. The van der Waals surface area contributed by atoms with Gasteiger partial charge in [-0.15, -0.1) is 0 Å². The first-order valence-corrected chi connectivity index (χ1v) is 35.0. The van der Waals surface area contributed by atoms with Gasteiger partial charge in [0.1, 0.15) is 0 Å². The summed E-state index contributed by atoms with van der Waals surface area (Å²) in [4.78, 5) is 17.0. The minimum absolute atomic E-state index is 0.0206. The summed E-state index contributed by atoms with van der Waals surface area (Å²) in [7, 11) is 0. The third-order valence-electron chi connectivity index (χ3n) is 21.1. The van der Waals surface area contributed by atoms with Crippen molar-refractivity contribution in [1.29, 1.82) is 0 Å². The van der Waals surface area contributed by atoms with Gasteiger partial charge >= 0.3 is 0 Å². The van der Waals surface area contributed by atoms with Gasteiger partial charge < -0.3 is 9.80 Å². The van der Waals surface area contributed by atoms with E-state index in [2.05, 4.69) is 312 Å². The molecule has 2 aliphatic heterocycles.